The van der Waals surface area contributed by atoms with Crippen molar-refractivity contribution in [2.24, 2.45) is 0 Å². The molecule has 33 heavy (non-hydrogen) atoms. The molecule has 3 amide bonds. The van der Waals surface area contributed by atoms with Crippen LogP contribution in [0.2, 0.25) is 0 Å². The molecule has 1 aromatic rings. The summed E-state index contributed by atoms with van der Waals surface area (Å²) >= 11 is 1.53. The number of rotatable bonds is 6. The molecule has 7 nitrogen and oxygen atoms in total. The van der Waals surface area contributed by atoms with Gasteiger partial charge in [0.15, 0.2) is 6.04 Å². The van der Waals surface area contributed by atoms with Crippen LogP contribution in [0.3, 0.4) is 0 Å². The average Bonchev–Trinajstić information content (AvgIpc) is 3.07. The highest BCUT2D eigenvalue weighted by atomic mass is 32.2. The fourth-order valence-electron chi connectivity index (χ4n) is 3.88. The van der Waals surface area contributed by atoms with E-state index in [1.807, 2.05) is 37.3 Å². The third-order valence-corrected chi connectivity index (χ3v) is 6.49. The number of quaternary nitrogens is 1. The Morgan fingerprint density at radius 3 is 2.18 bits per heavy atom. The normalized spacial score (nSPS) is 21.8. The summed E-state index contributed by atoms with van der Waals surface area (Å²) in [4.78, 5) is 39.9. The Balaban J connectivity index is 2.27. The highest BCUT2D eigenvalue weighted by Gasteiger charge is 2.57. The number of nitrogens with one attached hydrogen (secondary N) is 1. The van der Waals surface area contributed by atoms with Crippen molar-refractivity contribution < 1.29 is 28.3 Å². The summed E-state index contributed by atoms with van der Waals surface area (Å²) in [5.41, 5.74) is -0.301. The first-order valence-electron chi connectivity index (χ1n) is 11.5. The van der Waals surface area contributed by atoms with Crippen LogP contribution in [0.4, 0.5) is 9.59 Å². The van der Waals surface area contributed by atoms with Crippen LogP contribution in [0, 0.1) is 0 Å². The molecule has 8 heteroatoms. The molecule has 184 valence electrons. The van der Waals surface area contributed by atoms with E-state index in [4.69, 9.17) is 9.47 Å². The van der Waals surface area contributed by atoms with Gasteiger partial charge in [0.1, 0.15) is 17.2 Å². The predicted octanol–water partition coefficient (Wildman–Crippen LogP) is 5.27. The maximum absolute atomic E-state index is 13.9. The second-order valence-corrected chi connectivity index (χ2v) is 11.6. The molecule has 3 atom stereocenters. The van der Waals surface area contributed by atoms with Crippen LogP contribution in [0.15, 0.2) is 30.3 Å². The molecule has 0 saturated carbocycles. The average molecular weight is 480 g/mol. The summed E-state index contributed by atoms with van der Waals surface area (Å²) in [5, 5.41) is 2.74. The molecule has 1 aliphatic heterocycles. The van der Waals surface area contributed by atoms with E-state index in [2.05, 4.69) is 5.32 Å². The molecule has 1 aliphatic rings. The lowest BCUT2D eigenvalue weighted by Crippen LogP contribution is -2.66. The first kappa shape index (κ1) is 27.2. The zero-order chi connectivity index (χ0) is 24.9. The molecule has 1 N–H and O–H groups in total. The summed E-state index contributed by atoms with van der Waals surface area (Å²) < 4.78 is 10.7. The van der Waals surface area contributed by atoms with Crippen molar-refractivity contribution in [3.63, 3.8) is 0 Å². The number of amides is 3. The molecule has 0 bridgehead atoms. The lowest BCUT2D eigenvalue weighted by Gasteiger charge is -2.36. The van der Waals surface area contributed by atoms with E-state index in [1.54, 1.807) is 41.5 Å². The summed E-state index contributed by atoms with van der Waals surface area (Å²) in [6.45, 7) is 12.9. The molecule has 1 saturated heterocycles. The molecule has 1 aromatic carbocycles. The van der Waals surface area contributed by atoms with E-state index < -0.39 is 33.9 Å². The number of benzene rings is 1. The van der Waals surface area contributed by atoms with Crippen LogP contribution >= 0.6 is 11.8 Å². The van der Waals surface area contributed by atoms with Crippen molar-refractivity contribution in [1.82, 2.24) is 5.32 Å². The number of carbonyl (C=O) groups excluding carboxylic acids is 3. The second kappa shape index (κ2) is 10.9. The van der Waals surface area contributed by atoms with E-state index in [0.29, 0.717) is 18.1 Å². The van der Waals surface area contributed by atoms with Gasteiger partial charge in [0.25, 0.3) is 0 Å². The fraction of sp³-hybridized carbons (Fsp3) is 0.640. The van der Waals surface area contributed by atoms with Gasteiger partial charge in [-0.1, -0.05) is 30.3 Å². The van der Waals surface area contributed by atoms with Crippen LogP contribution in [0.5, 0.6) is 0 Å². The van der Waals surface area contributed by atoms with E-state index in [1.165, 1.54) is 11.8 Å². The van der Waals surface area contributed by atoms with Crippen LogP contribution in [0.1, 0.15) is 66.9 Å². The van der Waals surface area contributed by atoms with Crippen molar-refractivity contribution in [2.45, 2.75) is 90.3 Å². The van der Waals surface area contributed by atoms with Crippen LogP contribution in [-0.4, -0.2) is 58.2 Å². The van der Waals surface area contributed by atoms with Gasteiger partial charge < -0.3 is 14.8 Å². The Labute approximate surface area is 202 Å². The van der Waals surface area contributed by atoms with Gasteiger partial charge in [0.05, 0.1) is 6.54 Å². The molecule has 1 heterocycles. The molecule has 1 fully saturated rings. The summed E-state index contributed by atoms with van der Waals surface area (Å²) in [6, 6.07) is 8.80. The number of thioether (sulfide) groups is 1. The van der Waals surface area contributed by atoms with E-state index in [9.17, 15) is 14.4 Å². The minimum absolute atomic E-state index is 0.227. The number of nitrogens with zero attached hydrogens (tertiary/aromatic N) is 1. The number of hydrogen-bond donors (Lipinski definition) is 1. The highest BCUT2D eigenvalue weighted by Crippen LogP contribution is 2.32. The van der Waals surface area contributed by atoms with Crippen molar-refractivity contribution in [2.75, 3.05) is 12.3 Å². The van der Waals surface area contributed by atoms with Gasteiger partial charge in [-0.15, -0.1) is 0 Å². The van der Waals surface area contributed by atoms with Crippen molar-refractivity contribution >= 4 is 29.9 Å². The van der Waals surface area contributed by atoms with Crippen LogP contribution in [-0.2, 0) is 20.0 Å². The van der Waals surface area contributed by atoms with Crippen molar-refractivity contribution in [3.8, 4) is 0 Å². The largest absolute Gasteiger partial charge is 0.524 e. The fourth-order valence-corrected chi connectivity index (χ4v) is 4.89. The van der Waals surface area contributed by atoms with Gasteiger partial charge in [0.2, 0.25) is 0 Å². The minimum atomic E-state index is -0.887. The molecular formula is C25H39N2O5S+. The molecule has 1 unspecified atom stereocenters. The number of hydrogen-bond acceptors (Lipinski definition) is 6. The highest BCUT2D eigenvalue weighted by molar-refractivity contribution is 7.98. The Morgan fingerprint density at radius 2 is 1.67 bits per heavy atom. The third kappa shape index (κ3) is 7.74. The summed E-state index contributed by atoms with van der Waals surface area (Å²) in [6.07, 6.45) is 0.251. The zero-order valence-electron chi connectivity index (χ0n) is 21.0. The first-order chi connectivity index (χ1) is 15.2. The topological polar surface area (TPSA) is 81.7 Å². The zero-order valence-corrected chi connectivity index (χ0v) is 21.8. The summed E-state index contributed by atoms with van der Waals surface area (Å²) in [7, 11) is 0. The number of imide groups is 1. The van der Waals surface area contributed by atoms with Gasteiger partial charge in [-0.2, -0.15) is 21.0 Å². The Kier molecular flexibility index (Phi) is 8.99. The second-order valence-electron chi connectivity index (χ2n) is 10.6. The van der Waals surface area contributed by atoms with E-state index >= 15 is 0 Å². The van der Waals surface area contributed by atoms with Gasteiger partial charge in [0, 0.05) is 24.3 Å². The lowest BCUT2D eigenvalue weighted by molar-refractivity contribution is -0.794. The molecular weight excluding hydrogens is 440 g/mol. The van der Waals surface area contributed by atoms with Crippen molar-refractivity contribution in [1.29, 1.82) is 0 Å². The third-order valence-electron chi connectivity index (χ3n) is 5.38. The number of likely N-dealkylation sites (tertiary alicyclic amines) is 1. The van der Waals surface area contributed by atoms with Gasteiger partial charge in [-0.25, -0.2) is 9.59 Å². The Bertz CT molecular complexity index is 831. The van der Waals surface area contributed by atoms with Gasteiger partial charge in [-0.05, 0) is 54.0 Å². The minimum Gasteiger partial charge on any atom is -0.444 e. The number of alkyl carbamates (subject to hydrolysis) is 1. The number of carbonyl (C=O) groups is 3. The maximum Gasteiger partial charge on any atom is 0.524 e. The smallest absolute Gasteiger partial charge is 0.444 e. The Morgan fingerprint density at radius 1 is 1.06 bits per heavy atom. The maximum atomic E-state index is 13.9. The molecule has 2 rings (SSSR count). The van der Waals surface area contributed by atoms with E-state index in [-0.39, 0.29) is 11.9 Å². The molecule has 0 aromatic heterocycles. The number of ether oxygens (including phenoxy) is 2. The molecule has 0 aliphatic carbocycles. The quantitative estimate of drug-likeness (QED) is 0.560. The van der Waals surface area contributed by atoms with E-state index in [0.717, 1.165) is 18.4 Å². The monoisotopic (exact) mass is 479 g/mol. The van der Waals surface area contributed by atoms with Crippen LogP contribution in [0.25, 0.3) is 0 Å². The SMILES string of the molecule is C[C@@H]1CCC[N+]1(C(=O)OC(C)(C)C)C(=O)[C@H](CSCc1ccccc1)NC(=O)OC(C)(C)C. The van der Waals surface area contributed by atoms with Crippen molar-refractivity contribution in [3.05, 3.63) is 35.9 Å². The predicted molar refractivity (Wildman–Crippen MR) is 131 cm³/mol. The molecule has 0 spiro atoms. The van der Waals surface area contributed by atoms with Gasteiger partial charge >= 0.3 is 18.1 Å². The summed E-state index contributed by atoms with van der Waals surface area (Å²) in [5.74, 6) is 0.658. The standard InChI is InChI=1S/C25H38N2O5S/c1-18-12-11-15-27(18,23(30)32-25(5,6)7)21(28)20(26-22(29)31-24(2,3)4)17-33-16-19-13-9-8-10-14-19/h8-10,13-14,18,20H,11-12,15-17H2,1-7H3/p+1/t18-,20+,27?/m1/s1. The Hall–Kier alpha value is -2.06. The first-order valence-corrected chi connectivity index (χ1v) is 12.7. The lowest BCUT2D eigenvalue weighted by atomic mass is 10.1. The molecule has 0 radical (unpaired) electrons. The van der Waals surface area contributed by atoms with Crippen LogP contribution < -0.4 is 5.32 Å². The van der Waals surface area contributed by atoms with Gasteiger partial charge in [-0.3, -0.25) is 0 Å².